The largest absolute Gasteiger partial charge is 0.336 e. The zero-order chi connectivity index (χ0) is 15.4. The highest BCUT2D eigenvalue weighted by atomic mass is 35.5. The molecule has 0 aromatic heterocycles. The van der Waals surface area contributed by atoms with Gasteiger partial charge in [0, 0.05) is 37.2 Å². The molecular weight excluding hydrogens is 298 g/mol. The molecule has 2 aliphatic rings. The van der Waals surface area contributed by atoms with Gasteiger partial charge in [0.05, 0.1) is 0 Å². The number of likely N-dealkylation sites (tertiary alicyclic amines) is 1. The van der Waals surface area contributed by atoms with E-state index in [0.717, 1.165) is 63.4 Å². The minimum atomic E-state index is 0.124. The Bertz CT molecular complexity index is 514. The number of nitrogens with zero attached hydrogens (tertiary/aromatic N) is 2. The van der Waals surface area contributed by atoms with Gasteiger partial charge in [-0.2, -0.15) is 0 Å². The van der Waals surface area contributed by atoms with Gasteiger partial charge in [0.1, 0.15) is 0 Å². The van der Waals surface area contributed by atoms with E-state index in [1.807, 2.05) is 17.0 Å². The van der Waals surface area contributed by atoms with Crippen molar-refractivity contribution in [2.45, 2.75) is 31.7 Å². The molecule has 0 atom stereocenters. The van der Waals surface area contributed by atoms with E-state index in [-0.39, 0.29) is 6.03 Å². The number of hydrogen-bond acceptors (Lipinski definition) is 2. The van der Waals surface area contributed by atoms with E-state index in [1.54, 1.807) is 0 Å². The maximum atomic E-state index is 11.7. The Morgan fingerprint density at radius 3 is 2.73 bits per heavy atom. The second-order valence-corrected chi connectivity index (χ2v) is 6.67. The van der Waals surface area contributed by atoms with Crippen LogP contribution in [0.1, 0.15) is 24.8 Å². The van der Waals surface area contributed by atoms with Crippen molar-refractivity contribution >= 4 is 17.6 Å². The third kappa shape index (κ3) is 3.93. The smallest absolute Gasteiger partial charge is 0.317 e. The SMILES string of the molecule is O=C1NCCN1C1CCN(CCCc2cccc(Cl)c2)CC1. The minimum absolute atomic E-state index is 0.124. The normalized spacial score (nSPS) is 20.4. The average Bonchev–Trinajstić information content (AvgIpc) is 2.94. The van der Waals surface area contributed by atoms with Crippen molar-refractivity contribution < 1.29 is 4.79 Å². The number of urea groups is 1. The molecule has 120 valence electrons. The Hall–Kier alpha value is -1.26. The molecule has 0 spiro atoms. The summed E-state index contributed by atoms with van der Waals surface area (Å²) in [6.07, 6.45) is 4.44. The summed E-state index contributed by atoms with van der Waals surface area (Å²) in [5.74, 6) is 0. The van der Waals surface area contributed by atoms with Crippen LogP contribution in [-0.2, 0) is 6.42 Å². The van der Waals surface area contributed by atoms with Gasteiger partial charge in [0.2, 0.25) is 0 Å². The zero-order valence-electron chi connectivity index (χ0n) is 12.9. The number of piperidine rings is 1. The predicted molar refractivity (Wildman–Crippen MR) is 89.3 cm³/mol. The summed E-state index contributed by atoms with van der Waals surface area (Å²) in [5, 5.41) is 3.72. The molecule has 0 bridgehead atoms. The number of carbonyl (C=O) groups is 1. The molecule has 0 unspecified atom stereocenters. The maximum absolute atomic E-state index is 11.7. The molecular formula is C17H24ClN3O. The summed E-state index contributed by atoms with van der Waals surface area (Å²) in [6, 6.07) is 8.70. The number of carbonyl (C=O) groups excluding carboxylic acids is 1. The fourth-order valence-electron chi connectivity index (χ4n) is 3.49. The number of amides is 2. The third-order valence-electron chi connectivity index (χ3n) is 4.72. The Morgan fingerprint density at radius 1 is 1.23 bits per heavy atom. The lowest BCUT2D eigenvalue weighted by molar-refractivity contribution is 0.135. The van der Waals surface area contributed by atoms with E-state index in [1.165, 1.54) is 5.56 Å². The summed E-state index contributed by atoms with van der Waals surface area (Å²) < 4.78 is 0. The van der Waals surface area contributed by atoms with E-state index in [0.29, 0.717) is 6.04 Å². The lowest BCUT2D eigenvalue weighted by atomic mass is 10.0. The van der Waals surface area contributed by atoms with Crippen molar-refractivity contribution in [3.05, 3.63) is 34.9 Å². The lowest BCUT2D eigenvalue weighted by Gasteiger charge is -2.36. The van der Waals surface area contributed by atoms with Crippen molar-refractivity contribution in [3.63, 3.8) is 0 Å². The van der Waals surface area contributed by atoms with Gasteiger partial charge in [0.25, 0.3) is 0 Å². The fraction of sp³-hybridized carbons (Fsp3) is 0.588. The summed E-state index contributed by atoms with van der Waals surface area (Å²) in [4.78, 5) is 16.2. The molecule has 1 aromatic carbocycles. The summed E-state index contributed by atoms with van der Waals surface area (Å²) in [6.45, 7) is 5.01. The molecule has 2 fully saturated rings. The molecule has 2 heterocycles. The summed E-state index contributed by atoms with van der Waals surface area (Å²) in [5.41, 5.74) is 1.32. The van der Waals surface area contributed by atoms with Crippen molar-refractivity contribution in [1.82, 2.24) is 15.1 Å². The molecule has 2 aliphatic heterocycles. The van der Waals surface area contributed by atoms with Crippen molar-refractivity contribution in [2.24, 2.45) is 0 Å². The Kier molecular flexibility index (Phi) is 5.21. The number of aryl methyl sites for hydroxylation is 1. The van der Waals surface area contributed by atoms with Crippen LogP contribution in [-0.4, -0.2) is 54.6 Å². The van der Waals surface area contributed by atoms with Crippen LogP contribution < -0.4 is 5.32 Å². The van der Waals surface area contributed by atoms with E-state index in [9.17, 15) is 4.79 Å². The predicted octanol–water partition coefficient (Wildman–Crippen LogP) is 2.76. The first-order chi connectivity index (χ1) is 10.7. The molecule has 2 amide bonds. The number of halogens is 1. The molecule has 0 saturated carbocycles. The highest BCUT2D eigenvalue weighted by Crippen LogP contribution is 2.19. The fourth-order valence-corrected chi connectivity index (χ4v) is 3.70. The Labute approximate surface area is 137 Å². The molecule has 1 aromatic rings. The van der Waals surface area contributed by atoms with Crippen molar-refractivity contribution in [3.8, 4) is 0 Å². The highest BCUT2D eigenvalue weighted by molar-refractivity contribution is 6.30. The van der Waals surface area contributed by atoms with Crippen molar-refractivity contribution in [1.29, 1.82) is 0 Å². The van der Waals surface area contributed by atoms with Crippen LogP contribution in [0.3, 0.4) is 0 Å². The van der Waals surface area contributed by atoms with Gasteiger partial charge in [-0.1, -0.05) is 23.7 Å². The molecule has 4 nitrogen and oxygen atoms in total. The molecule has 0 radical (unpaired) electrons. The van der Waals surface area contributed by atoms with E-state index in [4.69, 9.17) is 11.6 Å². The molecule has 2 saturated heterocycles. The third-order valence-corrected chi connectivity index (χ3v) is 4.95. The average molecular weight is 322 g/mol. The summed E-state index contributed by atoms with van der Waals surface area (Å²) in [7, 11) is 0. The lowest BCUT2D eigenvalue weighted by Crippen LogP contribution is -2.46. The van der Waals surface area contributed by atoms with Gasteiger partial charge >= 0.3 is 6.03 Å². The molecule has 3 rings (SSSR count). The van der Waals surface area contributed by atoms with Crippen LogP contribution in [0.4, 0.5) is 4.79 Å². The van der Waals surface area contributed by atoms with Gasteiger partial charge in [-0.3, -0.25) is 0 Å². The van der Waals surface area contributed by atoms with E-state index < -0.39 is 0 Å². The molecule has 1 N–H and O–H groups in total. The van der Waals surface area contributed by atoms with Gasteiger partial charge < -0.3 is 15.1 Å². The minimum Gasteiger partial charge on any atom is -0.336 e. The quantitative estimate of drug-likeness (QED) is 0.905. The topological polar surface area (TPSA) is 35.6 Å². The first-order valence-electron chi connectivity index (χ1n) is 8.23. The second-order valence-electron chi connectivity index (χ2n) is 6.23. The Balaban J connectivity index is 1.38. The van der Waals surface area contributed by atoms with Crippen molar-refractivity contribution in [2.75, 3.05) is 32.7 Å². The molecule has 22 heavy (non-hydrogen) atoms. The number of rotatable bonds is 5. The van der Waals surface area contributed by atoms with Crippen LogP contribution in [0, 0.1) is 0 Å². The maximum Gasteiger partial charge on any atom is 0.317 e. The van der Waals surface area contributed by atoms with E-state index >= 15 is 0 Å². The van der Waals surface area contributed by atoms with Crippen LogP contribution >= 0.6 is 11.6 Å². The first-order valence-corrected chi connectivity index (χ1v) is 8.61. The van der Waals surface area contributed by atoms with Crippen LogP contribution in [0.25, 0.3) is 0 Å². The Morgan fingerprint density at radius 2 is 2.05 bits per heavy atom. The van der Waals surface area contributed by atoms with Gasteiger partial charge in [-0.15, -0.1) is 0 Å². The van der Waals surface area contributed by atoms with Crippen LogP contribution in [0.15, 0.2) is 24.3 Å². The van der Waals surface area contributed by atoms with Gasteiger partial charge in [0.15, 0.2) is 0 Å². The van der Waals surface area contributed by atoms with Crippen LogP contribution in [0.5, 0.6) is 0 Å². The number of hydrogen-bond donors (Lipinski definition) is 1. The highest BCUT2D eigenvalue weighted by Gasteiger charge is 2.30. The van der Waals surface area contributed by atoms with Crippen LogP contribution in [0.2, 0.25) is 5.02 Å². The van der Waals surface area contributed by atoms with E-state index in [2.05, 4.69) is 22.3 Å². The standard InChI is InChI=1S/C17H24ClN3O/c18-15-5-1-3-14(13-15)4-2-9-20-10-6-16(7-11-20)21-12-8-19-17(21)22/h1,3,5,13,16H,2,4,6-12H2,(H,19,22). The van der Waals surface area contributed by atoms with Gasteiger partial charge in [-0.25, -0.2) is 4.79 Å². The molecule has 0 aliphatic carbocycles. The second kappa shape index (κ2) is 7.34. The zero-order valence-corrected chi connectivity index (χ0v) is 13.7. The number of nitrogens with one attached hydrogen (secondary N) is 1. The first kappa shape index (κ1) is 15.6. The summed E-state index contributed by atoms with van der Waals surface area (Å²) >= 11 is 6.01. The monoisotopic (exact) mass is 321 g/mol. The molecule has 5 heteroatoms. The number of benzene rings is 1. The van der Waals surface area contributed by atoms with Gasteiger partial charge in [-0.05, 0) is 49.9 Å².